The maximum atomic E-state index is 11.8. The van der Waals surface area contributed by atoms with Gasteiger partial charge in [-0.2, -0.15) is 0 Å². The molecule has 2 fully saturated rings. The highest BCUT2D eigenvalue weighted by Gasteiger charge is 2.35. The number of hydrogen-bond acceptors (Lipinski definition) is 4. The van der Waals surface area contributed by atoms with Crippen molar-refractivity contribution in [1.82, 2.24) is 5.32 Å². The molecule has 1 aliphatic carbocycles. The first-order valence-corrected chi connectivity index (χ1v) is 5.94. The zero-order valence-corrected chi connectivity index (χ0v) is 9.59. The second kappa shape index (κ2) is 5.01. The molecule has 6 heteroatoms. The minimum absolute atomic E-state index is 0.281. The quantitative estimate of drug-likeness (QED) is 0.593. The van der Waals surface area contributed by atoms with Gasteiger partial charge in [-0.3, -0.25) is 4.79 Å². The van der Waals surface area contributed by atoms with Crippen molar-refractivity contribution in [1.29, 1.82) is 0 Å². The Hall–Kier alpha value is -1.14. The largest absolute Gasteiger partial charge is 0.480 e. The third-order valence-electron chi connectivity index (χ3n) is 3.34. The van der Waals surface area contributed by atoms with E-state index >= 15 is 0 Å². The third kappa shape index (κ3) is 3.17. The number of carbonyl (C=O) groups excluding carboxylic acids is 1. The summed E-state index contributed by atoms with van der Waals surface area (Å²) < 4.78 is 5.09. The van der Waals surface area contributed by atoms with E-state index in [-0.39, 0.29) is 18.6 Å². The van der Waals surface area contributed by atoms with Crippen LogP contribution in [-0.4, -0.2) is 42.3 Å². The van der Waals surface area contributed by atoms with Gasteiger partial charge in [0.1, 0.15) is 6.04 Å². The van der Waals surface area contributed by atoms with Crippen LogP contribution < -0.4 is 11.1 Å². The van der Waals surface area contributed by atoms with Crippen LogP contribution in [0.2, 0.25) is 0 Å². The van der Waals surface area contributed by atoms with E-state index < -0.39 is 17.9 Å². The van der Waals surface area contributed by atoms with Crippen LogP contribution in [-0.2, 0) is 14.3 Å². The molecular formula is C11H18N2O4. The standard InChI is InChI=1S/C11H18N2O4/c12-8-5-17-4-7(8)10(14)13-9(11(15)16)3-6-1-2-6/h6-9H,1-5,12H2,(H,13,14)(H,15,16)/t7?,8?,9-/m0/s1. The third-order valence-corrected chi connectivity index (χ3v) is 3.34. The molecule has 1 amide bonds. The predicted octanol–water partition coefficient (Wildman–Crippen LogP) is -0.670. The van der Waals surface area contributed by atoms with Crippen LogP contribution in [0, 0.1) is 11.8 Å². The van der Waals surface area contributed by atoms with E-state index in [2.05, 4.69) is 5.32 Å². The first-order valence-electron chi connectivity index (χ1n) is 5.94. The molecule has 1 saturated carbocycles. The molecule has 1 heterocycles. The highest BCUT2D eigenvalue weighted by Crippen LogP contribution is 2.33. The molecule has 17 heavy (non-hydrogen) atoms. The van der Waals surface area contributed by atoms with Crippen LogP contribution in [0.1, 0.15) is 19.3 Å². The van der Waals surface area contributed by atoms with Gasteiger partial charge in [-0.05, 0) is 12.3 Å². The number of ether oxygens (including phenoxy) is 1. The summed E-state index contributed by atoms with van der Waals surface area (Å²) in [5.74, 6) is -1.25. The van der Waals surface area contributed by atoms with Crippen LogP contribution in [0.15, 0.2) is 0 Å². The maximum Gasteiger partial charge on any atom is 0.326 e. The number of carbonyl (C=O) groups is 2. The van der Waals surface area contributed by atoms with Crippen molar-refractivity contribution >= 4 is 11.9 Å². The smallest absolute Gasteiger partial charge is 0.326 e. The van der Waals surface area contributed by atoms with Gasteiger partial charge in [0.15, 0.2) is 0 Å². The van der Waals surface area contributed by atoms with Crippen LogP contribution in [0.5, 0.6) is 0 Å². The summed E-state index contributed by atoms with van der Waals surface area (Å²) in [5.41, 5.74) is 5.71. The number of carboxylic acids is 1. The molecule has 0 aromatic carbocycles. The Morgan fingerprint density at radius 2 is 2.12 bits per heavy atom. The van der Waals surface area contributed by atoms with Crippen molar-refractivity contribution in [2.75, 3.05) is 13.2 Å². The number of rotatable bonds is 5. The first-order chi connectivity index (χ1) is 8.08. The van der Waals surface area contributed by atoms with Crippen molar-refractivity contribution < 1.29 is 19.4 Å². The average molecular weight is 242 g/mol. The fourth-order valence-corrected chi connectivity index (χ4v) is 2.03. The molecule has 4 N–H and O–H groups in total. The average Bonchev–Trinajstić information content (AvgIpc) is 2.97. The number of aliphatic carboxylic acids is 1. The topological polar surface area (TPSA) is 102 Å². The molecule has 0 aromatic heterocycles. The summed E-state index contributed by atoms with van der Waals surface area (Å²) >= 11 is 0. The van der Waals surface area contributed by atoms with Crippen LogP contribution in [0.4, 0.5) is 0 Å². The van der Waals surface area contributed by atoms with Crippen molar-refractivity contribution in [3.05, 3.63) is 0 Å². The number of carboxylic acid groups (broad SMARTS) is 1. The van der Waals surface area contributed by atoms with Crippen molar-refractivity contribution in [3.8, 4) is 0 Å². The minimum Gasteiger partial charge on any atom is -0.480 e. The van der Waals surface area contributed by atoms with E-state index in [0.29, 0.717) is 18.9 Å². The summed E-state index contributed by atoms with van der Waals surface area (Å²) in [7, 11) is 0. The Balaban J connectivity index is 1.87. The number of nitrogens with two attached hydrogens (primary N) is 1. The van der Waals surface area contributed by atoms with Gasteiger partial charge in [-0.25, -0.2) is 4.79 Å². The molecule has 2 rings (SSSR count). The Morgan fingerprint density at radius 1 is 1.41 bits per heavy atom. The lowest BCUT2D eigenvalue weighted by Gasteiger charge is -2.18. The van der Waals surface area contributed by atoms with Gasteiger partial charge in [0, 0.05) is 6.04 Å². The zero-order valence-electron chi connectivity index (χ0n) is 9.59. The Bertz CT molecular complexity index is 317. The molecule has 0 radical (unpaired) electrons. The number of hydrogen-bond donors (Lipinski definition) is 3. The maximum absolute atomic E-state index is 11.8. The lowest BCUT2D eigenvalue weighted by Crippen LogP contribution is -2.48. The fraction of sp³-hybridized carbons (Fsp3) is 0.818. The molecule has 1 aliphatic heterocycles. The van der Waals surface area contributed by atoms with Crippen molar-refractivity contribution in [2.45, 2.75) is 31.3 Å². The van der Waals surface area contributed by atoms with Crippen molar-refractivity contribution in [2.24, 2.45) is 17.6 Å². The van der Waals surface area contributed by atoms with Crippen LogP contribution in [0.25, 0.3) is 0 Å². The van der Waals surface area contributed by atoms with Gasteiger partial charge in [0.2, 0.25) is 5.91 Å². The lowest BCUT2D eigenvalue weighted by atomic mass is 10.0. The Labute approximate surface area is 99.5 Å². The monoisotopic (exact) mass is 242 g/mol. The Kier molecular flexibility index (Phi) is 3.63. The summed E-state index contributed by atoms with van der Waals surface area (Å²) in [6.45, 7) is 0.640. The molecule has 2 unspecified atom stereocenters. The van der Waals surface area contributed by atoms with Crippen LogP contribution >= 0.6 is 0 Å². The van der Waals surface area contributed by atoms with Gasteiger partial charge in [-0.15, -0.1) is 0 Å². The lowest BCUT2D eigenvalue weighted by molar-refractivity contribution is -0.142. The van der Waals surface area contributed by atoms with Gasteiger partial charge < -0.3 is 20.9 Å². The molecule has 0 aromatic rings. The Morgan fingerprint density at radius 3 is 2.59 bits per heavy atom. The second-order valence-corrected chi connectivity index (χ2v) is 4.89. The van der Waals surface area contributed by atoms with E-state index in [1.165, 1.54) is 0 Å². The van der Waals surface area contributed by atoms with E-state index in [1.54, 1.807) is 0 Å². The van der Waals surface area contributed by atoms with E-state index in [9.17, 15) is 9.59 Å². The zero-order chi connectivity index (χ0) is 12.4. The number of nitrogens with one attached hydrogen (secondary N) is 1. The highest BCUT2D eigenvalue weighted by atomic mass is 16.5. The summed E-state index contributed by atoms with van der Waals surface area (Å²) in [6, 6.07) is -1.12. The van der Waals surface area contributed by atoms with Gasteiger partial charge >= 0.3 is 5.97 Å². The second-order valence-electron chi connectivity index (χ2n) is 4.89. The SMILES string of the molecule is NC1COCC1C(=O)N[C@@H](CC1CC1)C(=O)O. The summed E-state index contributed by atoms with van der Waals surface area (Å²) in [4.78, 5) is 22.9. The fourth-order valence-electron chi connectivity index (χ4n) is 2.03. The molecule has 6 nitrogen and oxygen atoms in total. The summed E-state index contributed by atoms with van der Waals surface area (Å²) in [5, 5.41) is 11.6. The molecule has 1 saturated heterocycles. The summed E-state index contributed by atoms with van der Waals surface area (Å²) in [6.07, 6.45) is 2.64. The first kappa shape index (κ1) is 12.3. The normalized spacial score (nSPS) is 29.9. The van der Waals surface area contributed by atoms with Gasteiger partial charge in [0.25, 0.3) is 0 Å². The molecule has 96 valence electrons. The van der Waals surface area contributed by atoms with Gasteiger partial charge in [-0.1, -0.05) is 12.8 Å². The van der Waals surface area contributed by atoms with Crippen molar-refractivity contribution in [3.63, 3.8) is 0 Å². The molecule has 0 bridgehead atoms. The van der Waals surface area contributed by atoms with Crippen LogP contribution in [0.3, 0.4) is 0 Å². The predicted molar refractivity (Wildman–Crippen MR) is 59.2 cm³/mol. The van der Waals surface area contributed by atoms with E-state index in [4.69, 9.17) is 15.6 Å². The molecule has 0 spiro atoms. The molecular weight excluding hydrogens is 224 g/mol. The molecule has 2 aliphatic rings. The number of amides is 1. The van der Waals surface area contributed by atoms with E-state index in [1.807, 2.05) is 0 Å². The molecule has 3 atom stereocenters. The van der Waals surface area contributed by atoms with Gasteiger partial charge in [0.05, 0.1) is 19.1 Å². The van der Waals surface area contributed by atoms with E-state index in [0.717, 1.165) is 12.8 Å². The minimum atomic E-state index is -0.974. The highest BCUT2D eigenvalue weighted by molar-refractivity contribution is 5.85.